The number of amides is 2. The largest absolute Gasteiger partial charge is 0.342 e. The van der Waals surface area contributed by atoms with Crippen LogP contribution in [0.25, 0.3) is 10.8 Å². The molecule has 2 aromatic carbocycles. The fraction of sp³-hybridized carbons (Fsp3) is 0.478. The van der Waals surface area contributed by atoms with Crippen molar-refractivity contribution < 1.29 is 9.59 Å². The van der Waals surface area contributed by atoms with Gasteiger partial charge in [0.2, 0.25) is 5.91 Å². The van der Waals surface area contributed by atoms with Crippen molar-refractivity contribution in [3.8, 4) is 0 Å². The lowest BCUT2D eigenvalue weighted by Gasteiger charge is -2.48. The molecule has 0 radical (unpaired) electrons. The Kier molecular flexibility index (Phi) is 4.67. The summed E-state index contributed by atoms with van der Waals surface area (Å²) in [4.78, 5) is 29.5. The summed E-state index contributed by atoms with van der Waals surface area (Å²) in [6.07, 6.45) is 3.64. The van der Waals surface area contributed by atoms with E-state index in [0.29, 0.717) is 6.42 Å². The van der Waals surface area contributed by atoms with Crippen molar-refractivity contribution in [1.82, 2.24) is 9.80 Å². The predicted molar refractivity (Wildman–Crippen MR) is 108 cm³/mol. The second-order valence-corrected chi connectivity index (χ2v) is 8.21. The molecule has 2 saturated heterocycles. The summed E-state index contributed by atoms with van der Waals surface area (Å²) in [6, 6.07) is 12.2. The van der Waals surface area contributed by atoms with Gasteiger partial charge in [-0.1, -0.05) is 30.3 Å². The molecular formula is C23H28N2O2. The lowest BCUT2D eigenvalue weighted by atomic mass is 9.73. The van der Waals surface area contributed by atoms with Gasteiger partial charge in [-0.25, -0.2) is 0 Å². The van der Waals surface area contributed by atoms with E-state index < -0.39 is 0 Å². The lowest BCUT2D eigenvalue weighted by Crippen LogP contribution is -2.55. The average Bonchev–Trinajstić information content (AvgIpc) is 2.70. The Morgan fingerprint density at radius 2 is 1.85 bits per heavy atom. The van der Waals surface area contributed by atoms with Crippen LogP contribution in [0.1, 0.15) is 48.5 Å². The van der Waals surface area contributed by atoms with E-state index in [-0.39, 0.29) is 17.2 Å². The van der Waals surface area contributed by atoms with E-state index in [1.807, 2.05) is 47.1 Å². The molecule has 2 aliphatic heterocycles. The standard InChI is InChI=1S/C23H28N2O2/c1-3-24-15-23(13-11-21(24)26)12-6-14-25(16-23)22(27)20-10-9-17(2)18-7-4-5-8-19(18)20/h4-5,7-10H,3,6,11-16H2,1-2H3/t23-/m0/s1. The van der Waals surface area contributed by atoms with Crippen molar-refractivity contribution >= 4 is 22.6 Å². The molecule has 2 fully saturated rings. The fourth-order valence-electron chi connectivity index (χ4n) is 4.91. The van der Waals surface area contributed by atoms with Crippen LogP contribution in [-0.4, -0.2) is 47.8 Å². The minimum absolute atomic E-state index is 0.0678. The molecule has 2 heterocycles. The van der Waals surface area contributed by atoms with Gasteiger partial charge in [0.1, 0.15) is 0 Å². The summed E-state index contributed by atoms with van der Waals surface area (Å²) in [6.45, 7) is 7.25. The average molecular weight is 364 g/mol. The van der Waals surface area contributed by atoms with E-state index in [2.05, 4.69) is 13.0 Å². The van der Waals surface area contributed by atoms with Gasteiger partial charge in [0.05, 0.1) is 0 Å². The number of nitrogens with zero attached hydrogens (tertiary/aromatic N) is 2. The number of aryl methyl sites for hydroxylation is 1. The van der Waals surface area contributed by atoms with E-state index in [1.54, 1.807) is 0 Å². The van der Waals surface area contributed by atoms with Crippen LogP contribution in [0, 0.1) is 12.3 Å². The molecule has 0 N–H and O–H groups in total. The van der Waals surface area contributed by atoms with E-state index >= 15 is 0 Å². The van der Waals surface area contributed by atoms with Crippen LogP contribution in [0.2, 0.25) is 0 Å². The van der Waals surface area contributed by atoms with Gasteiger partial charge in [0.25, 0.3) is 5.91 Å². The number of rotatable bonds is 2. The zero-order valence-corrected chi connectivity index (χ0v) is 16.3. The van der Waals surface area contributed by atoms with Gasteiger partial charge in [-0.3, -0.25) is 9.59 Å². The molecule has 142 valence electrons. The molecule has 1 atom stereocenters. The van der Waals surface area contributed by atoms with Crippen molar-refractivity contribution in [1.29, 1.82) is 0 Å². The molecule has 0 bridgehead atoms. The Balaban J connectivity index is 1.62. The highest BCUT2D eigenvalue weighted by atomic mass is 16.2. The van der Waals surface area contributed by atoms with Gasteiger partial charge in [0, 0.05) is 43.6 Å². The van der Waals surface area contributed by atoms with Crippen LogP contribution in [0.15, 0.2) is 36.4 Å². The quantitative estimate of drug-likeness (QED) is 0.808. The highest BCUT2D eigenvalue weighted by Gasteiger charge is 2.42. The molecule has 0 saturated carbocycles. The molecule has 0 unspecified atom stereocenters. The number of carbonyl (C=O) groups excluding carboxylic acids is 2. The van der Waals surface area contributed by atoms with E-state index in [1.165, 1.54) is 5.56 Å². The van der Waals surface area contributed by atoms with Gasteiger partial charge in [-0.15, -0.1) is 0 Å². The first-order valence-electron chi connectivity index (χ1n) is 10.1. The third kappa shape index (κ3) is 3.22. The minimum atomic E-state index is 0.0678. The smallest absolute Gasteiger partial charge is 0.254 e. The normalized spacial score (nSPS) is 23.3. The van der Waals surface area contributed by atoms with Gasteiger partial charge in [0.15, 0.2) is 0 Å². The number of hydrogen-bond acceptors (Lipinski definition) is 2. The third-order valence-corrected chi connectivity index (χ3v) is 6.45. The second-order valence-electron chi connectivity index (χ2n) is 8.21. The topological polar surface area (TPSA) is 40.6 Å². The lowest BCUT2D eigenvalue weighted by molar-refractivity contribution is -0.138. The Bertz CT molecular complexity index is 891. The van der Waals surface area contributed by atoms with Crippen LogP contribution in [0.5, 0.6) is 0 Å². The summed E-state index contributed by atoms with van der Waals surface area (Å²) in [5, 5.41) is 2.19. The first-order chi connectivity index (χ1) is 13.0. The highest BCUT2D eigenvalue weighted by Crippen LogP contribution is 2.39. The van der Waals surface area contributed by atoms with Crippen LogP contribution >= 0.6 is 0 Å². The molecule has 4 heteroatoms. The molecule has 4 nitrogen and oxygen atoms in total. The monoisotopic (exact) mass is 364 g/mol. The van der Waals surface area contributed by atoms with Gasteiger partial charge < -0.3 is 9.80 Å². The highest BCUT2D eigenvalue weighted by molar-refractivity contribution is 6.07. The molecule has 27 heavy (non-hydrogen) atoms. The Labute approximate surface area is 161 Å². The maximum atomic E-state index is 13.4. The van der Waals surface area contributed by atoms with Crippen molar-refractivity contribution in [2.24, 2.45) is 5.41 Å². The molecule has 2 aliphatic rings. The van der Waals surface area contributed by atoms with Crippen molar-refractivity contribution in [2.45, 2.75) is 39.5 Å². The third-order valence-electron chi connectivity index (χ3n) is 6.45. The first kappa shape index (κ1) is 18.0. The van der Waals surface area contributed by atoms with Crippen LogP contribution < -0.4 is 0 Å². The summed E-state index contributed by atoms with van der Waals surface area (Å²) >= 11 is 0. The number of fused-ring (bicyclic) bond motifs is 1. The Morgan fingerprint density at radius 1 is 1.07 bits per heavy atom. The molecular weight excluding hydrogens is 336 g/mol. The summed E-state index contributed by atoms with van der Waals surface area (Å²) in [7, 11) is 0. The molecule has 2 aromatic rings. The van der Waals surface area contributed by atoms with Crippen LogP contribution in [0.3, 0.4) is 0 Å². The maximum absolute atomic E-state index is 13.4. The number of carbonyl (C=O) groups is 2. The number of piperidine rings is 2. The maximum Gasteiger partial charge on any atom is 0.254 e. The molecule has 0 aromatic heterocycles. The predicted octanol–water partition coefficient (Wildman–Crippen LogP) is 4.01. The second kappa shape index (κ2) is 6.99. The number of likely N-dealkylation sites (tertiary alicyclic amines) is 2. The molecule has 1 spiro atoms. The zero-order valence-electron chi connectivity index (χ0n) is 16.3. The summed E-state index contributed by atoms with van der Waals surface area (Å²) < 4.78 is 0. The van der Waals surface area contributed by atoms with Crippen molar-refractivity contribution in [2.75, 3.05) is 26.2 Å². The van der Waals surface area contributed by atoms with Crippen molar-refractivity contribution in [3.63, 3.8) is 0 Å². The first-order valence-corrected chi connectivity index (χ1v) is 10.1. The Morgan fingerprint density at radius 3 is 2.63 bits per heavy atom. The minimum Gasteiger partial charge on any atom is -0.342 e. The van der Waals surface area contributed by atoms with Crippen molar-refractivity contribution in [3.05, 3.63) is 47.5 Å². The number of benzene rings is 2. The van der Waals surface area contributed by atoms with Crippen LogP contribution in [-0.2, 0) is 4.79 Å². The van der Waals surface area contributed by atoms with Gasteiger partial charge in [-0.2, -0.15) is 0 Å². The number of hydrogen-bond donors (Lipinski definition) is 0. The van der Waals surface area contributed by atoms with Gasteiger partial charge in [-0.05, 0) is 55.5 Å². The summed E-state index contributed by atoms with van der Waals surface area (Å²) in [5.41, 5.74) is 2.06. The fourth-order valence-corrected chi connectivity index (χ4v) is 4.91. The zero-order chi connectivity index (χ0) is 19.0. The SMILES string of the molecule is CCN1C[C@]2(CCCN(C(=O)c3ccc(C)c4ccccc34)C2)CCC1=O. The van der Waals surface area contributed by atoms with Crippen LogP contribution in [0.4, 0.5) is 0 Å². The van der Waals surface area contributed by atoms with Gasteiger partial charge >= 0.3 is 0 Å². The molecule has 2 amide bonds. The molecule has 4 rings (SSSR count). The Hall–Kier alpha value is -2.36. The molecule has 0 aliphatic carbocycles. The van der Waals surface area contributed by atoms with E-state index in [0.717, 1.165) is 61.8 Å². The van der Waals surface area contributed by atoms with E-state index in [9.17, 15) is 9.59 Å². The summed E-state index contributed by atoms with van der Waals surface area (Å²) in [5.74, 6) is 0.390. The van der Waals surface area contributed by atoms with E-state index in [4.69, 9.17) is 0 Å².